The summed E-state index contributed by atoms with van der Waals surface area (Å²) in [6.45, 7) is 1.66. The molecule has 0 unspecified atom stereocenters. The van der Waals surface area contributed by atoms with Gasteiger partial charge in [-0.25, -0.2) is 0 Å². The highest BCUT2D eigenvalue weighted by atomic mass is 16.5. The van der Waals surface area contributed by atoms with Gasteiger partial charge in [0.15, 0.2) is 0 Å². The molecule has 0 aliphatic heterocycles. The zero-order chi connectivity index (χ0) is 11.8. The first-order valence-electron chi connectivity index (χ1n) is 5.30. The van der Waals surface area contributed by atoms with Gasteiger partial charge in [-0.3, -0.25) is 0 Å². The van der Waals surface area contributed by atoms with Crippen molar-refractivity contribution in [2.75, 3.05) is 31.3 Å². The largest absolute Gasteiger partial charge is 0.398 e. The second kappa shape index (κ2) is 6.70. The monoisotopic (exact) mass is 219 g/mol. The Morgan fingerprint density at radius 3 is 2.94 bits per heavy atom. The first-order chi connectivity index (χ1) is 7.77. The van der Waals surface area contributed by atoms with E-state index in [9.17, 15) is 0 Å². The van der Waals surface area contributed by atoms with E-state index in [-0.39, 0.29) is 0 Å². The van der Waals surface area contributed by atoms with Crippen molar-refractivity contribution in [1.29, 1.82) is 5.26 Å². The van der Waals surface area contributed by atoms with Crippen LogP contribution in [-0.2, 0) is 4.74 Å². The summed E-state index contributed by atoms with van der Waals surface area (Å²) in [5.41, 5.74) is 7.60. The van der Waals surface area contributed by atoms with E-state index in [0.717, 1.165) is 31.7 Å². The van der Waals surface area contributed by atoms with Crippen molar-refractivity contribution in [1.82, 2.24) is 0 Å². The van der Waals surface area contributed by atoms with E-state index in [0.29, 0.717) is 11.3 Å². The fraction of sp³-hybridized carbons (Fsp3) is 0.417. The summed E-state index contributed by atoms with van der Waals surface area (Å²) in [7, 11) is 1.70. The van der Waals surface area contributed by atoms with E-state index in [1.807, 2.05) is 6.07 Å². The Bertz CT molecular complexity index is 371. The quantitative estimate of drug-likeness (QED) is 0.567. The first kappa shape index (κ1) is 12.3. The minimum atomic E-state index is 0.516. The van der Waals surface area contributed by atoms with Crippen molar-refractivity contribution in [2.45, 2.75) is 12.8 Å². The lowest BCUT2D eigenvalue weighted by atomic mass is 10.2. The Kier molecular flexibility index (Phi) is 5.17. The second-order valence-electron chi connectivity index (χ2n) is 3.54. The maximum atomic E-state index is 8.81. The molecule has 0 aromatic heterocycles. The van der Waals surface area contributed by atoms with Crippen LogP contribution in [0.15, 0.2) is 18.2 Å². The Balaban J connectivity index is 2.40. The average molecular weight is 219 g/mol. The lowest BCUT2D eigenvalue weighted by molar-refractivity contribution is 0.194. The summed E-state index contributed by atoms with van der Waals surface area (Å²) in [5, 5.41) is 12.1. The zero-order valence-electron chi connectivity index (χ0n) is 9.49. The van der Waals surface area contributed by atoms with Crippen molar-refractivity contribution >= 4 is 11.4 Å². The summed E-state index contributed by atoms with van der Waals surface area (Å²) in [6, 6.07) is 7.46. The fourth-order valence-electron chi connectivity index (χ4n) is 1.37. The van der Waals surface area contributed by atoms with E-state index < -0.39 is 0 Å². The minimum absolute atomic E-state index is 0.516. The van der Waals surface area contributed by atoms with Crippen LogP contribution in [0.4, 0.5) is 11.4 Å². The minimum Gasteiger partial charge on any atom is -0.398 e. The van der Waals surface area contributed by atoms with E-state index in [2.05, 4.69) is 11.4 Å². The van der Waals surface area contributed by atoms with Gasteiger partial charge in [0, 0.05) is 31.6 Å². The van der Waals surface area contributed by atoms with Crippen LogP contribution in [-0.4, -0.2) is 20.3 Å². The van der Waals surface area contributed by atoms with Gasteiger partial charge < -0.3 is 15.8 Å². The molecule has 0 radical (unpaired) electrons. The van der Waals surface area contributed by atoms with Crippen LogP contribution in [0.3, 0.4) is 0 Å². The summed E-state index contributed by atoms with van der Waals surface area (Å²) >= 11 is 0. The van der Waals surface area contributed by atoms with Crippen molar-refractivity contribution in [2.24, 2.45) is 0 Å². The molecule has 0 amide bonds. The van der Waals surface area contributed by atoms with Crippen molar-refractivity contribution in [3.8, 4) is 6.07 Å². The fourth-order valence-corrected chi connectivity index (χ4v) is 1.37. The van der Waals surface area contributed by atoms with Crippen LogP contribution in [0.25, 0.3) is 0 Å². The maximum Gasteiger partial charge on any atom is 0.101 e. The van der Waals surface area contributed by atoms with Crippen molar-refractivity contribution in [3.63, 3.8) is 0 Å². The summed E-state index contributed by atoms with van der Waals surface area (Å²) in [6.07, 6.45) is 2.07. The van der Waals surface area contributed by atoms with Gasteiger partial charge >= 0.3 is 0 Å². The molecule has 16 heavy (non-hydrogen) atoms. The van der Waals surface area contributed by atoms with E-state index in [4.69, 9.17) is 15.7 Å². The molecule has 0 heterocycles. The van der Waals surface area contributed by atoms with Gasteiger partial charge in [0.05, 0.1) is 5.56 Å². The van der Waals surface area contributed by atoms with Gasteiger partial charge in [0.1, 0.15) is 6.07 Å². The molecule has 0 aliphatic rings. The number of unbranched alkanes of at least 4 members (excludes halogenated alkanes) is 1. The Labute approximate surface area is 96.0 Å². The number of nitrogens with one attached hydrogen (secondary N) is 1. The highest BCUT2D eigenvalue weighted by Crippen LogP contribution is 2.16. The van der Waals surface area contributed by atoms with Gasteiger partial charge in [-0.15, -0.1) is 0 Å². The van der Waals surface area contributed by atoms with Crippen molar-refractivity contribution < 1.29 is 4.74 Å². The van der Waals surface area contributed by atoms with Gasteiger partial charge in [-0.1, -0.05) is 0 Å². The molecule has 86 valence electrons. The molecule has 1 aromatic carbocycles. The van der Waals surface area contributed by atoms with E-state index in [1.54, 1.807) is 19.2 Å². The standard InChI is InChI=1S/C12H17N3O/c1-16-7-3-2-6-15-11-4-5-12(14)10(8-11)9-13/h4-5,8,15H,2-3,6-7,14H2,1H3. The number of nitrogens with two attached hydrogens (primary N) is 1. The number of hydrogen-bond donors (Lipinski definition) is 2. The number of ether oxygens (including phenoxy) is 1. The molecule has 0 fully saturated rings. The second-order valence-corrected chi connectivity index (χ2v) is 3.54. The number of benzene rings is 1. The Morgan fingerprint density at radius 2 is 2.25 bits per heavy atom. The van der Waals surface area contributed by atoms with Gasteiger partial charge in [-0.2, -0.15) is 5.26 Å². The van der Waals surface area contributed by atoms with Gasteiger partial charge in [0.25, 0.3) is 0 Å². The lowest BCUT2D eigenvalue weighted by Gasteiger charge is -2.07. The summed E-state index contributed by atoms with van der Waals surface area (Å²) < 4.78 is 4.96. The molecule has 3 N–H and O–H groups in total. The molecular weight excluding hydrogens is 202 g/mol. The third-order valence-electron chi connectivity index (χ3n) is 2.28. The third-order valence-corrected chi connectivity index (χ3v) is 2.28. The van der Waals surface area contributed by atoms with Gasteiger partial charge in [0.2, 0.25) is 0 Å². The molecule has 1 aromatic rings. The molecule has 0 saturated carbocycles. The summed E-state index contributed by atoms with van der Waals surface area (Å²) in [4.78, 5) is 0. The molecule has 0 aliphatic carbocycles. The smallest absolute Gasteiger partial charge is 0.101 e. The van der Waals surface area contributed by atoms with Crippen LogP contribution in [0.5, 0.6) is 0 Å². The molecule has 0 bridgehead atoms. The van der Waals surface area contributed by atoms with Crippen LogP contribution in [0.2, 0.25) is 0 Å². The normalized spacial score (nSPS) is 9.75. The van der Waals surface area contributed by atoms with Crippen LogP contribution < -0.4 is 11.1 Å². The number of nitriles is 1. The number of anilines is 2. The molecule has 0 atom stereocenters. The molecule has 0 spiro atoms. The van der Waals surface area contributed by atoms with Gasteiger partial charge in [-0.05, 0) is 31.0 Å². The lowest BCUT2D eigenvalue weighted by Crippen LogP contribution is -2.03. The van der Waals surface area contributed by atoms with E-state index in [1.165, 1.54) is 0 Å². The number of nitrogen functional groups attached to an aromatic ring is 1. The highest BCUT2D eigenvalue weighted by molar-refractivity contribution is 5.61. The first-order valence-corrected chi connectivity index (χ1v) is 5.30. The highest BCUT2D eigenvalue weighted by Gasteiger charge is 1.99. The summed E-state index contributed by atoms with van der Waals surface area (Å²) in [5.74, 6) is 0. The maximum absolute atomic E-state index is 8.81. The number of methoxy groups -OCH3 is 1. The number of hydrogen-bond acceptors (Lipinski definition) is 4. The molecule has 4 nitrogen and oxygen atoms in total. The van der Waals surface area contributed by atoms with Crippen molar-refractivity contribution in [3.05, 3.63) is 23.8 Å². The number of rotatable bonds is 6. The zero-order valence-corrected chi connectivity index (χ0v) is 9.49. The molecule has 1 rings (SSSR count). The predicted molar refractivity (Wildman–Crippen MR) is 65.2 cm³/mol. The molecule has 0 saturated heterocycles. The Hall–Kier alpha value is -1.73. The SMILES string of the molecule is COCCCCNc1ccc(N)c(C#N)c1. The van der Waals surface area contributed by atoms with Crippen LogP contribution in [0, 0.1) is 11.3 Å². The topological polar surface area (TPSA) is 71.1 Å². The van der Waals surface area contributed by atoms with Crippen LogP contribution >= 0.6 is 0 Å². The predicted octanol–water partition coefficient (Wildman–Crippen LogP) is 1.98. The molecule has 4 heteroatoms. The van der Waals surface area contributed by atoms with E-state index >= 15 is 0 Å². The third kappa shape index (κ3) is 3.79. The van der Waals surface area contributed by atoms with Crippen LogP contribution in [0.1, 0.15) is 18.4 Å². The average Bonchev–Trinajstić information content (AvgIpc) is 2.31. The Morgan fingerprint density at radius 1 is 1.44 bits per heavy atom. The number of nitrogens with zero attached hydrogens (tertiary/aromatic N) is 1. The molecular formula is C12H17N3O.